The van der Waals surface area contributed by atoms with E-state index in [9.17, 15) is 30.0 Å². The number of aliphatic hydroxyl groups is 1. The standard InChI is InChI=1S/C24H27N5O7/c25-18(9-13-1-5-15(30)6-2-13)21-27-22(36-28-21)20-11-17(32)12-29(20)24(35)26-19(23(33)34)10-14-3-7-16(31)8-4-14/h1-8,17-20,30-32H,9-12,25H2,(H,26,35)(H,33,34)/t17?,18-,19?,20-/m0/s1. The van der Waals surface area contributed by atoms with Crippen molar-refractivity contribution in [2.24, 2.45) is 5.73 Å². The third-order valence-corrected chi connectivity index (χ3v) is 5.98. The van der Waals surface area contributed by atoms with Gasteiger partial charge in [0, 0.05) is 19.4 Å². The molecule has 1 fully saturated rings. The summed E-state index contributed by atoms with van der Waals surface area (Å²) in [7, 11) is 0. The maximum Gasteiger partial charge on any atom is 0.326 e. The summed E-state index contributed by atoms with van der Waals surface area (Å²) >= 11 is 0. The van der Waals surface area contributed by atoms with Gasteiger partial charge in [0.2, 0.25) is 5.89 Å². The van der Waals surface area contributed by atoms with E-state index in [1.54, 1.807) is 36.4 Å². The largest absolute Gasteiger partial charge is 0.508 e. The number of nitrogens with one attached hydrogen (secondary N) is 1. The minimum Gasteiger partial charge on any atom is -0.508 e. The molecule has 0 aliphatic carbocycles. The third kappa shape index (κ3) is 5.90. The Balaban J connectivity index is 1.44. The first kappa shape index (κ1) is 24.9. The minimum absolute atomic E-state index is 0.000761. The van der Waals surface area contributed by atoms with Crippen molar-refractivity contribution >= 4 is 12.0 Å². The number of amides is 2. The zero-order chi connectivity index (χ0) is 25.8. The molecule has 7 N–H and O–H groups in total. The van der Waals surface area contributed by atoms with E-state index >= 15 is 0 Å². The highest BCUT2D eigenvalue weighted by Gasteiger charge is 2.40. The number of nitrogens with zero attached hydrogens (tertiary/aromatic N) is 3. The van der Waals surface area contributed by atoms with Crippen molar-refractivity contribution in [1.29, 1.82) is 0 Å². The molecule has 0 bridgehead atoms. The van der Waals surface area contributed by atoms with Gasteiger partial charge in [0.1, 0.15) is 23.6 Å². The predicted molar refractivity (Wildman–Crippen MR) is 125 cm³/mol. The molecule has 0 radical (unpaired) electrons. The van der Waals surface area contributed by atoms with Gasteiger partial charge in [-0.05, 0) is 41.8 Å². The van der Waals surface area contributed by atoms with Crippen molar-refractivity contribution in [1.82, 2.24) is 20.4 Å². The van der Waals surface area contributed by atoms with Crippen LogP contribution in [0.15, 0.2) is 53.1 Å². The van der Waals surface area contributed by atoms with Crippen molar-refractivity contribution in [2.75, 3.05) is 6.54 Å². The number of carbonyl (C=O) groups is 2. The lowest BCUT2D eigenvalue weighted by Gasteiger charge is -2.24. The lowest BCUT2D eigenvalue weighted by molar-refractivity contribution is -0.139. The van der Waals surface area contributed by atoms with E-state index in [1.807, 2.05) is 0 Å². The van der Waals surface area contributed by atoms with Crippen LogP contribution in [-0.2, 0) is 17.6 Å². The average molecular weight is 498 g/mol. The number of phenolic OH excluding ortho intramolecular Hbond substituents is 2. The van der Waals surface area contributed by atoms with Crippen LogP contribution in [0, 0.1) is 0 Å². The van der Waals surface area contributed by atoms with Crippen molar-refractivity contribution in [3.05, 3.63) is 71.4 Å². The molecule has 1 aliphatic rings. The van der Waals surface area contributed by atoms with Crippen LogP contribution in [-0.4, -0.2) is 66.2 Å². The second-order valence-corrected chi connectivity index (χ2v) is 8.74. The molecule has 3 aromatic rings. The Labute approximate surface area is 206 Å². The topological polar surface area (TPSA) is 195 Å². The highest BCUT2D eigenvalue weighted by atomic mass is 16.5. The number of hydrogen-bond donors (Lipinski definition) is 6. The number of carboxylic acids is 1. The Hall–Kier alpha value is -4.16. The molecule has 1 saturated heterocycles. The molecule has 0 spiro atoms. The highest BCUT2D eigenvalue weighted by molar-refractivity contribution is 5.83. The number of aliphatic carboxylic acids is 1. The van der Waals surface area contributed by atoms with E-state index in [-0.39, 0.29) is 42.6 Å². The van der Waals surface area contributed by atoms with E-state index in [2.05, 4.69) is 15.5 Å². The molecule has 2 unspecified atom stereocenters. The first-order chi connectivity index (χ1) is 17.2. The predicted octanol–water partition coefficient (Wildman–Crippen LogP) is 1.24. The van der Waals surface area contributed by atoms with Crippen LogP contribution in [0.5, 0.6) is 11.5 Å². The van der Waals surface area contributed by atoms with Crippen molar-refractivity contribution < 1.29 is 34.5 Å². The number of aromatic hydroxyl groups is 2. The van der Waals surface area contributed by atoms with E-state index in [0.29, 0.717) is 12.0 Å². The summed E-state index contributed by atoms with van der Waals surface area (Å²) in [5.74, 6) is -0.738. The van der Waals surface area contributed by atoms with Gasteiger partial charge in [0.15, 0.2) is 5.82 Å². The lowest BCUT2D eigenvalue weighted by Crippen LogP contribution is -2.49. The number of carbonyl (C=O) groups excluding carboxylic acids is 1. The van der Waals surface area contributed by atoms with Crippen LogP contribution >= 0.6 is 0 Å². The fourth-order valence-corrected chi connectivity index (χ4v) is 4.08. The zero-order valence-electron chi connectivity index (χ0n) is 19.2. The monoisotopic (exact) mass is 497 g/mol. The van der Waals surface area contributed by atoms with Crippen molar-refractivity contribution in [3.8, 4) is 11.5 Å². The number of urea groups is 1. The average Bonchev–Trinajstić information content (AvgIpc) is 3.48. The maximum atomic E-state index is 13.0. The van der Waals surface area contributed by atoms with Crippen molar-refractivity contribution in [2.45, 2.75) is 43.5 Å². The summed E-state index contributed by atoms with van der Waals surface area (Å²) in [5.41, 5.74) is 7.68. The molecule has 2 amide bonds. The molecule has 12 heteroatoms. The smallest absolute Gasteiger partial charge is 0.326 e. The third-order valence-electron chi connectivity index (χ3n) is 5.98. The summed E-state index contributed by atoms with van der Waals surface area (Å²) in [6, 6.07) is 9.26. The lowest BCUT2D eigenvalue weighted by atomic mass is 10.1. The molecule has 2 aromatic carbocycles. The normalized spacial score (nSPS) is 19.1. The molecule has 12 nitrogen and oxygen atoms in total. The Bertz CT molecular complexity index is 1200. The Kier molecular flexibility index (Phi) is 7.36. The quantitative estimate of drug-likeness (QED) is 0.263. The number of aliphatic hydroxyl groups excluding tert-OH is 1. The molecule has 1 aromatic heterocycles. The summed E-state index contributed by atoms with van der Waals surface area (Å²) in [6.07, 6.45) is -0.340. The number of β-amino-alcohol motifs (C(OH)–C–C–N with tert-alkyl or cyclic N) is 1. The van der Waals surface area contributed by atoms with Gasteiger partial charge in [-0.1, -0.05) is 29.4 Å². The maximum absolute atomic E-state index is 13.0. The van der Waals surface area contributed by atoms with Gasteiger partial charge in [0.05, 0.1) is 12.1 Å². The second-order valence-electron chi connectivity index (χ2n) is 8.74. The fraction of sp³-hybridized carbons (Fsp3) is 0.333. The molecule has 4 atom stereocenters. The highest BCUT2D eigenvalue weighted by Crippen LogP contribution is 2.32. The molecule has 0 saturated carbocycles. The van der Waals surface area contributed by atoms with Crippen molar-refractivity contribution in [3.63, 3.8) is 0 Å². The number of rotatable bonds is 8. The number of hydrogen-bond acceptors (Lipinski definition) is 9. The first-order valence-electron chi connectivity index (χ1n) is 11.3. The number of carboxylic acid groups (broad SMARTS) is 1. The number of aromatic nitrogens is 2. The molecule has 1 aliphatic heterocycles. The molecule has 4 rings (SSSR count). The van der Waals surface area contributed by atoms with Crippen LogP contribution in [0.4, 0.5) is 4.79 Å². The number of phenols is 2. The molecule has 190 valence electrons. The van der Waals surface area contributed by atoms with Crippen LogP contribution in [0.3, 0.4) is 0 Å². The summed E-state index contributed by atoms with van der Waals surface area (Å²) in [4.78, 5) is 30.4. The summed E-state index contributed by atoms with van der Waals surface area (Å²) < 4.78 is 5.36. The number of nitrogens with two attached hydrogens (primary N) is 1. The van der Waals surface area contributed by atoms with Gasteiger partial charge in [-0.2, -0.15) is 4.98 Å². The molecular formula is C24H27N5O7. The molecule has 36 heavy (non-hydrogen) atoms. The Morgan fingerprint density at radius 2 is 1.64 bits per heavy atom. The second kappa shape index (κ2) is 10.6. The van der Waals surface area contributed by atoms with Crippen LogP contribution < -0.4 is 11.1 Å². The summed E-state index contributed by atoms with van der Waals surface area (Å²) in [5, 5.41) is 45.1. The van der Waals surface area contributed by atoms with Crippen LogP contribution in [0.1, 0.15) is 41.3 Å². The van der Waals surface area contributed by atoms with E-state index in [0.717, 1.165) is 5.56 Å². The van der Waals surface area contributed by atoms with Crippen LogP contribution in [0.2, 0.25) is 0 Å². The Morgan fingerprint density at radius 1 is 1.06 bits per heavy atom. The van der Waals surface area contributed by atoms with Crippen LogP contribution in [0.25, 0.3) is 0 Å². The van der Waals surface area contributed by atoms with Gasteiger partial charge in [-0.25, -0.2) is 9.59 Å². The first-order valence-corrected chi connectivity index (χ1v) is 11.3. The molecule has 2 heterocycles. The van der Waals surface area contributed by atoms with Gasteiger partial charge in [-0.15, -0.1) is 0 Å². The summed E-state index contributed by atoms with van der Waals surface area (Å²) in [6.45, 7) is -0.0423. The van der Waals surface area contributed by atoms with E-state index in [1.165, 1.54) is 17.0 Å². The van der Waals surface area contributed by atoms with E-state index < -0.39 is 36.2 Å². The minimum atomic E-state index is -1.24. The molecular weight excluding hydrogens is 470 g/mol. The SMILES string of the molecule is N[C@@H](Cc1ccc(O)cc1)c1noc([C@@H]2CC(O)CN2C(=O)NC(Cc2ccc(O)cc2)C(=O)O)n1. The van der Waals surface area contributed by atoms with E-state index in [4.69, 9.17) is 10.3 Å². The van der Waals surface area contributed by atoms with Gasteiger partial charge in [-0.3, -0.25) is 0 Å². The van der Waals surface area contributed by atoms with Gasteiger partial charge in [0.25, 0.3) is 0 Å². The fourth-order valence-electron chi connectivity index (χ4n) is 4.08. The van der Waals surface area contributed by atoms with Gasteiger partial charge >= 0.3 is 12.0 Å². The van der Waals surface area contributed by atoms with Gasteiger partial charge < -0.3 is 40.9 Å². The number of benzene rings is 2. The zero-order valence-corrected chi connectivity index (χ0v) is 19.2. The Morgan fingerprint density at radius 3 is 2.22 bits per heavy atom. The number of likely N-dealkylation sites (tertiary alicyclic amines) is 1.